The third kappa shape index (κ3) is 3.65. The molecule has 2 aliphatic heterocycles. The fraction of sp³-hybridized carbons (Fsp3) is 0.650. The van der Waals surface area contributed by atoms with Crippen molar-refractivity contribution in [2.24, 2.45) is 5.73 Å². The Kier molecular flexibility index (Phi) is 6.03. The molecule has 2 fully saturated rings. The lowest BCUT2D eigenvalue weighted by Gasteiger charge is -2.47. The first-order valence-electron chi connectivity index (χ1n) is 9.93. The van der Waals surface area contributed by atoms with Crippen LogP contribution in [0.15, 0.2) is 17.0 Å². The summed E-state index contributed by atoms with van der Waals surface area (Å²) in [5.41, 5.74) is 6.95. The van der Waals surface area contributed by atoms with E-state index in [9.17, 15) is 13.2 Å². The zero-order valence-electron chi connectivity index (χ0n) is 17.0. The van der Waals surface area contributed by atoms with Gasteiger partial charge in [0.1, 0.15) is 16.2 Å². The van der Waals surface area contributed by atoms with E-state index in [2.05, 4.69) is 4.90 Å². The van der Waals surface area contributed by atoms with E-state index >= 15 is 0 Å². The number of hydrogen-bond acceptors (Lipinski definition) is 5. The standard InChI is InChI=1S/C20H31N3O4S/c1-15-13-17(27-3)18(14-16(15)2)28(25,26)23-11-7-20(8-12-23,19(21)24)22-9-5-4-6-10-22/h13-14H,4-12H2,1-3H3,(H2,21,24). The molecule has 0 bridgehead atoms. The van der Waals surface area contributed by atoms with Gasteiger partial charge in [-0.2, -0.15) is 4.31 Å². The Morgan fingerprint density at radius 3 is 2.14 bits per heavy atom. The Morgan fingerprint density at radius 1 is 1.04 bits per heavy atom. The molecule has 1 amide bonds. The van der Waals surface area contributed by atoms with E-state index in [0.29, 0.717) is 18.6 Å². The summed E-state index contributed by atoms with van der Waals surface area (Å²) in [6, 6.07) is 3.43. The summed E-state index contributed by atoms with van der Waals surface area (Å²) in [7, 11) is -2.23. The van der Waals surface area contributed by atoms with E-state index in [-0.39, 0.29) is 23.9 Å². The molecular weight excluding hydrogens is 378 g/mol. The number of rotatable bonds is 5. The van der Waals surface area contributed by atoms with Crippen LogP contribution >= 0.6 is 0 Å². The molecule has 0 spiro atoms. The SMILES string of the molecule is COc1cc(C)c(C)cc1S(=O)(=O)N1CCC(C(N)=O)(N2CCCCC2)CC1. The van der Waals surface area contributed by atoms with Crippen molar-refractivity contribution in [2.75, 3.05) is 33.3 Å². The first kappa shape index (κ1) is 21.1. The summed E-state index contributed by atoms with van der Waals surface area (Å²) in [4.78, 5) is 14.7. The molecule has 28 heavy (non-hydrogen) atoms. The van der Waals surface area contributed by atoms with Gasteiger partial charge in [0.2, 0.25) is 15.9 Å². The Labute approximate surface area is 167 Å². The monoisotopic (exact) mass is 409 g/mol. The second-order valence-corrected chi connectivity index (χ2v) is 9.84. The number of carbonyl (C=O) groups excluding carboxylic acids is 1. The van der Waals surface area contributed by atoms with Crippen LogP contribution in [0.3, 0.4) is 0 Å². The zero-order valence-corrected chi connectivity index (χ0v) is 17.8. The van der Waals surface area contributed by atoms with Gasteiger partial charge in [0.05, 0.1) is 7.11 Å². The zero-order chi connectivity index (χ0) is 20.5. The highest BCUT2D eigenvalue weighted by Crippen LogP contribution is 2.36. The number of carbonyl (C=O) groups is 1. The summed E-state index contributed by atoms with van der Waals surface area (Å²) in [5.74, 6) is 0.0149. The minimum atomic E-state index is -3.71. The summed E-state index contributed by atoms with van der Waals surface area (Å²) in [6.07, 6.45) is 4.12. The molecule has 1 aromatic rings. The van der Waals surface area contributed by atoms with Crippen LogP contribution in [-0.2, 0) is 14.8 Å². The quantitative estimate of drug-likeness (QED) is 0.801. The predicted octanol–water partition coefficient (Wildman–Crippen LogP) is 1.81. The lowest BCUT2D eigenvalue weighted by Crippen LogP contribution is -2.63. The van der Waals surface area contributed by atoms with Gasteiger partial charge >= 0.3 is 0 Å². The summed E-state index contributed by atoms with van der Waals surface area (Å²) >= 11 is 0. The maximum Gasteiger partial charge on any atom is 0.246 e. The maximum absolute atomic E-state index is 13.3. The van der Waals surface area contributed by atoms with Gasteiger partial charge in [-0.05, 0) is 75.9 Å². The van der Waals surface area contributed by atoms with E-state index in [1.165, 1.54) is 17.8 Å². The second kappa shape index (κ2) is 8.00. The van der Waals surface area contributed by atoms with E-state index in [0.717, 1.165) is 37.1 Å². The number of aryl methyl sites for hydroxylation is 2. The van der Waals surface area contributed by atoms with E-state index in [4.69, 9.17) is 10.5 Å². The largest absolute Gasteiger partial charge is 0.495 e. The number of nitrogens with zero attached hydrogens (tertiary/aromatic N) is 2. The molecule has 2 saturated heterocycles. The highest BCUT2D eigenvalue weighted by molar-refractivity contribution is 7.89. The fourth-order valence-electron chi connectivity index (χ4n) is 4.40. The molecule has 0 atom stereocenters. The van der Waals surface area contributed by atoms with Gasteiger partial charge in [0.25, 0.3) is 0 Å². The number of hydrogen-bond donors (Lipinski definition) is 1. The van der Waals surface area contributed by atoms with Gasteiger partial charge in [0.15, 0.2) is 0 Å². The van der Waals surface area contributed by atoms with Crippen molar-refractivity contribution >= 4 is 15.9 Å². The molecule has 2 N–H and O–H groups in total. The number of methoxy groups -OCH3 is 1. The molecule has 2 heterocycles. The van der Waals surface area contributed by atoms with Crippen molar-refractivity contribution in [3.63, 3.8) is 0 Å². The third-order valence-corrected chi connectivity index (χ3v) is 8.29. The van der Waals surface area contributed by atoms with Gasteiger partial charge in [-0.25, -0.2) is 8.42 Å². The van der Waals surface area contributed by atoms with Gasteiger partial charge in [0, 0.05) is 13.1 Å². The van der Waals surface area contributed by atoms with Crippen LogP contribution in [0.4, 0.5) is 0 Å². The lowest BCUT2D eigenvalue weighted by molar-refractivity contribution is -0.134. The molecule has 0 unspecified atom stereocenters. The van der Waals surface area contributed by atoms with Gasteiger partial charge < -0.3 is 10.5 Å². The molecule has 156 valence electrons. The number of ether oxygens (including phenoxy) is 1. The van der Waals surface area contributed by atoms with Crippen molar-refractivity contribution < 1.29 is 17.9 Å². The highest BCUT2D eigenvalue weighted by Gasteiger charge is 2.47. The number of benzene rings is 1. The Hall–Kier alpha value is -1.64. The first-order valence-corrected chi connectivity index (χ1v) is 11.4. The van der Waals surface area contributed by atoms with Crippen molar-refractivity contribution in [3.05, 3.63) is 23.3 Å². The molecule has 0 saturated carbocycles. The van der Waals surface area contributed by atoms with Crippen molar-refractivity contribution in [3.8, 4) is 5.75 Å². The van der Waals surface area contributed by atoms with Crippen LogP contribution in [0, 0.1) is 13.8 Å². The molecular formula is C20H31N3O4S. The van der Waals surface area contributed by atoms with Crippen molar-refractivity contribution in [2.45, 2.75) is 56.4 Å². The number of nitrogens with two attached hydrogens (primary N) is 1. The van der Waals surface area contributed by atoms with Gasteiger partial charge in [-0.3, -0.25) is 9.69 Å². The number of amides is 1. The second-order valence-electron chi connectivity index (χ2n) is 7.93. The van der Waals surface area contributed by atoms with Crippen molar-refractivity contribution in [1.82, 2.24) is 9.21 Å². The summed E-state index contributed by atoms with van der Waals surface area (Å²) in [5, 5.41) is 0. The average molecular weight is 410 g/mol. The van der Waals surface area contributed by atoms with E-state index in [1.54, 1.807) is 12.1 Å². The molecule has 1 aromatic carbocycles. The van der Waals surface area contributed by atoms with Crippen molar-refractivity contribution in [1.29, 1.82) is 0 Å². The van der Waals surface area contributed by atoms with Gasteiger partial charge in [-0.1, -0.05) is 6.42 Å². The number of piperidine rings is 2. The third-order valence-electron chi connectivity index (χ3n) is 6.37. The Bertz CT molecular complexity index is 839. The van der Waals surface area contributed by atoms with Crippen LogP contribution in [-0.4, -0.2) is 62.4 Å². The van der Waals surface area contributed by atoms with E-state index < -0.39 is 15.6 Å². The predicted molar refractivity (Wildman–Crippen MR) is 108 cm³/mol. The molecule has 0 radical (unpaired) electrons. The smallest absolute Gasteiger partial charge is 0.246 e. The van der Waals surface area contributed by atoms with Crippen LogP contribution in [0.5, 0.6) is 5.75 Å². The van der Waals surface area contributed by atoms with E-state index in [1.807, 2.05) is 13.8 Å². The van der Waals surface area contributed by atoms with Gasteiger partial charge in [-0.15, -0.1) is 0 Å². The molecule has 7 nitrogen and oxygen atoms in total. The lowest BCUT2D eigenvalue weighted by atomic mass is 9.84. The topological polar surface area (TPSA) is 92.9 Å². The summed E-state index contributed by atoms with van der Waals surface area (Å²) in [6.45, 7) is 6.06. The number of likely N-dealkylation sites (tertiary alicyclic amines) is 1. The number of sulfonamides is 1. The minimum absolute atomic E-state index is 0.183. The highest BCUT2D eigenvalue weighted by atomic mass is 32.2. The molecule has 2 aliphatic rings. The Balaban J connectivity index is 1.85. The average Bonchev–Trinajstić information content (AvgIpc) is 2.70. The Morgan fingerprint density at radius 2 is 1.61 bits per heavy atom. The summed E-state index contributed by atoms with van der Waals surface area (Å²) < 4.78 is 33.4. The molecule has 0 aromatic heterocycles. The minimum Gasteiger partial charge on any atom is -0.495 e. The maximum atomic E-state index is 13.3. The van der Waals surface area contributed by atoms with Crippen LogP contribution in [0.1, 0.15) is 43.2 Å². The van der Waals surface area contributed by atoms with Crippen LogP contribution in [0.25, 0.3) is 0 Å². The molecule has 0 aliphatic carbocycles. The molecule has 8 heteroatoms. The van der Waals surface area contributed by atoms with Crippen LogP contribution in [0.2, 0.25) is 0 Å². The molecule has 3 rings (SSSR count). The number of primary amides is 1. The first-order chi connectivity index (χ1) is 13.2. The normalized spacial score (nSPS) is 21.4. The van der Waals surface area contributed by atoms with Crippen LogP contribution < -0.4 is 10.5 Å². The fourth-order valence-corrected chi connectivity index (χ4v) is 6.06.